The van der Waals surface area contributed by atoms with Crippen LogP contribution in [0.2, 0.25) is 0 Å². The number of carbonyl (C=O) groups excluding carboxylic acids is 2. The van der Waals surface area contributed by atoms with Crippen molar-refractivity contribution in [2.24, 2.45) is 11.8 Å². The van der Waals surface area contributed by atoms with E-state index in [1.807, 2.05) is 41.3 Å². The third-order valence-corrected chi connectivity index (χ3v) is 5.93. The minimum atomic E-state index is 0.00154. The van der Waals surface area contributed by atoms with Crippen molar-refractivity contribution in [1.82, 2.24) is 15.1 Å². The predicted molar refractivity (Wildman–Crippen MR) is 119 cm³/mol. The monoisotopic (exact) mass is 399 g/mol. The molecular weight excluding hydrogens is 362 g/mol. The normalized spacial score (nSPS) is 16.6. The van der Waals surface area contributed by atoms with E-state index in [0.717, 1.165) is 31.5 Å². The lowest BCUT2D eigenvalue weighted by molar-refractivity contribution is -0.132. The molecule has 0 aromatic heterocycles. The smallest absolute Gasteiger partial charge is 0.246 e. The Balaban J connectivity index is 1.79. The Bertz CT molecular complexity index is 660. The van der Waals surface area contributed by atoms with Gasteiger partial charge in [-0.05, 0) is 43.5 Å². The summed E-state index contributed by atoms with van der Waals surface area (Å²) >= 11 is 0. The summed E-state index contributed by atoms with van der Waals surface area (Å²) in [5, 5.41) is 3.18. The Morgan fingerprint density at radius 3 is 2.31 bits per heavy atom. The van der Waals surface area contributed by atoms with Gasteiger partial charge in [-0.25, -0.2) is 0 Å². The van der Waals surface area contributed by atoms with Crippen molar-refractivity contribution in [2.45, 2.75) is 46.6 Å². The Labute approximate surface area is 176 Å². The van der Waals surface area contributed by atoms with Crippen molar-refractivity contribution in [3.05, 3.63) is 42.0 Å². The van der Waals surface area contributed by atoms with Gasteiger partial charge in [-0.3, -0.25) is 14.5 Å². The van der Waals surface area contributed by atoms with Gasteiger partial charge in [0.2, 0.25) is 11.8 Å². The second kappa shape index (κ2) is 11.8. The molecule has 1 aliphatic heterocycles. The summed E-state index contributed by atoms with van der Waals surface area (Å²) in [5.41, 5.74) is 1.02. The maximum absolute atomic E-state index is 12.7. The molecule has 1 aromatic rings. The molecule has 160 valence electrons. The van der Waals surface area contributed by atoms with Gasteiger partial charge in [-0.15, -0.1) is 0 Å². The zero-order valence-electron chi connectivity index (χ0n) is 18.4. The van der Waals surface area contributed by atoms with Crippen LogP contribution in [0.1, 0.15) is 46.1 Å². The summed E-state index contributed by atoms with van der Waals surface area (Å²) < 4.78 is 0. The van der Waals surface area contributed by atoms with Gasteiger partial charge < -0.3 is 10.2 Å². The number of rotatable bonds is 9. The lowest BCUT2D eigenvalue weighted by atomic mass is 9.95. The third-order valence-electron chi connectivity index (χ3n) is 5.93. The van der Waals surface area contributed by atoms with E-state index >= 15 is 0 Å². The van der Waals surface area contributed by atoms with E-state index in [0.29, 0.717) is 31.6 Å². The van der Waals surface area contributed by atoms with Crippen LogP contribution < -0.4 is 5.32 Å². The van der Waals surface area contributed by atoms with Crippen molar-refractivity contribution in [3.63, 3.8) is 0 Å². The second-order valence-corrected chi connectivity index (χ2v) is 8.12. The van der Waals surface area contributed by atoms with Gasteiger partial charge in [0.05, 0.1) is 0 Å². The minimum absolute atomic E-state index is 0.00154. The van der Waals surface area contributed by atoms with Gasteiger partial charge in [-0.2, -0.15) is 0 Å². The molecule has 1 heterocycles. The van der Waals surface area contributed by atoms with Crippen LogP contribution in [0, 0.1) is 11.8 Å². The van der Waals surface area contributed by atoms with Gasteiger partial charge in [0.25, 0.3) is 0 Å². The van der Waals surface area contributed by atoms with Crippen LogP contribution in [-0.2, 0) is 9.59 Å². The molecule has 0 saturated carbocycles. The quantitative estimate of drug-likeness (QED) is 0.648. The van der Waals surface area contributed by atoms with Gasteiger partial charge in [0.1, 0.15) is 0 Å². The number of likely N-dealkylation sites (N-methyl/N-ethyl adjacent to an activating group) is 1. The first-order valence-electron chi connectivity index (χ1n) is 11.0. The zero-order valence-corrected chi connectivity index (χ0v) is 18.4. The molecule has 0 aliphatic carbocycles. The summed E-state index contributed by atoms with van der Waals surface area (Å²) in [7, 11) is 0. The molecule has 0 unspecified atom stereocenters. The van der Waals surface area contributed by atoms with Crippen LogP contribution in [0.25, 0.3) is 6.08 Å². The molecule has 0 spiro atoms. The Kier molecular flexibility index (Phi) is 9.39. The number of nitrogens with one attached hydrogen (secondary N) is 1. The Hall–Kier alpha value is -2.14. The van der Waals surface area contributed by atoms with E-state index in [1.165, 1.54) is 0 Å². The summed E-state index contributed by atoms with van der Waals surface area (Å²) in [6.07, 6.45) is 4.94. The highest BCUT2D eigenvalue weighted by atomic mass is 16.2. The molecule has 5 nitrogen and oxygen atoms in total. The topological polar surface area (TPSA) is 52.7 Å². The molecule has 0 bridgehead atoms. The van der Waals surface area contributed by atoms with Crippen molar-refractivity contribution in [3.8, 4) is 0 Å². The average Bonchev–Trinajstić information content (AvgIpc) is 2.75. The highest BCUT2D eigenvalue weighted by Gasteiger charge is 2.28. The molecule has 2 rings (SSSR count). The molecule has 1 aliphatic rings. The van der Waals surface area contributed by atoms with E-state index in [-0.39, 0.29) is 17.7 Å². The van der Waals surface area contributed by atoms with Gasteiger partial charge in [0.15, 0.2) is 0 Å². The molecule has 0 radical (unpaired) electrons. The number of likely N-dealkylation sites (tertiary alicyclic amines) is 1. The van der Waals surface area contributed by atoms with Crippen LogP contribution in [-0.4, -0.2) is 60.4 Å². The van der Waals surface area contributed by atoms with Crippen LogP contribution in [0.4, 0.5) is 0 Å². The van der Waals surface area contributed by atoms with Crippen molar-refractivity contribution in [1.29, 1.82) is 0 Å². The first kappa shape index (κ1) is 23.1. The molecule has 29 heavy (non-hydrogen) atoms. The van der Waals surface area contributed by atoms with E-state index in [1.54, 1.807) is 6.08 Å². The largest absolute Gasteiger partial charge is 0.354 e. The molecular formula is C24H37N3O2. The fourth-order valence-corrected chi connectivity index (χ4v) is 4.03. The minimum Gasteiger partial charge on any atom is -0.354 e. The number of hydrogen-bond acceptors (Lipinski definition) is 3. The van der Waals surface area contributed by atoms with E-state index in [4.69, 9.17) is 0 Å². The SMILES string of the molecule is CCN(CC)[C@@H](CNC(=O)C1CCN(C(=O)/C=C\c2ccccc2)CC1)C(C)C. The van der Waals surface area contributed by atoms with E-state index in [2.05, 4.69) is 37.9 Å². The molecule has 1 saturated heterocycles. The predicted octanol–water partition coefficient (Wildman–Crippen LogP) is 3.42. The first-order valence-corrected chi connectivity index (χ1v) is 11.0. The summed E-state index contributed by atoms with van der Waals surface area (Å²) in [6.45, 7) is 12.7. The number of nitrogens with zero attached hydrogens (tertiary/aromatic N) is 2. The molecule has 5 heteroatoms. The van der Waals surface area contributed by atoms with E-state index < -0.39 is 0 Å². The van der Waals surface area contributed by atoms with Gasteiger partial charge in [-0.1, -0.05) is 58.0 Å². The highest BCUT2D eigenvalue weighted by Crippen LogP contribution is 2.18. The second-order valence-electron chi connectivity index (χ2n) is 8.12. The summed E-state index contributed by atoms with van der Waals surface area (Å²) in [5.74, 6) is 0.650. The number of carbonyl (C=O) groups is 2. The lowest BCUT2D eigenvalue weighted by Gasteiger charge is -2.34. The average molecular weight is 400 g/mol. The maximum Gasteiger partial charge on any atom is 0.246 e. The summed E-state index contributed by atoms with van der Waals surface area (Å²) in [4.78, 5) is 29.3. The van der Waals surface area contributed by atoms with Crippen LogP contribution >= 0.6 is 0 Å². The highest BCUT2D eigenvalue weighted by molar-refractivity contribution is 5.92. The zero-order chi connectivity index (χ0) is 21.2. The fourth-order valence-electron chi connectivity index (χ4n) is 4.03. The first-order chi connectivity index (χ1) is 14.0. The number of piperidine rings is 1. The molecule has 1 fully saturated rings. The van der Waals surface area contributed by atoms with Crippen LogP contribution in [0.3, 0.4) is 0 Å². The maximum atomic E-state index is 12.7. The van der Waals surface area contributed by atoms with Crippen LogP contribution in [0.15, 0.2) is 36.4 Å². The standard InChI is InChI=1S/C24H37N3O2/c1-5-26(6-2)22(19(3)4)18-25-24(29)21-14-16-27(17-15-21)23(28)13-12-20-10-8-7-9-11-20/h7-13,19,21-22H,5-6,14-18H2,1-4H3,(H,25,29)/b13-12-/t22-/m0/s1. The molecule has 1 aromatic carbocycles. The van der Waals surface area contributed by atoms with Crippen molar-refractivity contribution >= 4 is 17.9 Å². The lowest BCUT2D eigenvalue weighted by Crippen LogP contribution is -2.49. The Morgan fingerprint density at radius 1 is 1.14 bits per heavy atom. The van der Waals surface area contributed by atoms with Gasteiger partial charge >= 0.3 is 0 Å². The van der Waals surface area contributed by atoms with Crippen molar-refractivity contribution < 1.29 is 9.59 Å². The third kappa shape index (κ3) is 7.00. The Morgan fingerprint density at radius 2 is 1.76 bits per heavy atom. The fraction of sp³-hybridized carbons (Fsp3) is 0.583. The van der Waals surface area contributed by atoms with E-state index in [9.17, 15) is 9.59 Å². The number of hydrogen-bond donors (Lipinski definition) is 1. The van der Waals surface area contributed by atoms with Crippen LogP contribution in [0.5, 0.6) is 0 Å². The van der Waals surface area contributed by atoms with Crippen molar-refractivity contribution in [2.75, 3.05) is 32.7 Å². The molecule has 1 atom stereocenters. The molecule has 1 N–H and O–H groups in total. The number of benzene rings is 1. The van der Waals surface area contributed by atoms with Gasteiger partial charge in [0, 0.05) is 37.7 Å². The molecule has 2 amide bonds. The number of amides is 2. The summed E-state index contributed by atoms with van der Waals surface area (Å²) in [6, 6.07) is 10.2.